The standard InChI is InChI=1S/C13H20N4O3/c1-2-3-6-16(9-13(15)18)8-10-7-11(17(19)20)4-5-12(10)14/h4-5,7H,2-3,6,8-9,14H2,1H3,(H2,15,18). The van der Waals surface area contributed by atoms with E-state index in [-0.39, 0.29) is 12.2 Å². The Morgan fingerprint density at radius 2 is 2.15 bits per heavy atom. The summed E-state index contributed by atoms with van der Waals surface area (Å²) in [4.78, 5) is 23.2. The number of non-ortho nitro benzene ring substituents is 1. The van der Waals surface area contributed by atoms with E-state index in [1.54, 1.807) is 0 Å². The molecule has 1 aromatic rings. The van der Waals surface area contributed by atoms with E-state index in [0.717, 1.165) is 12.8 Å². The number of primary amides is 1. The van der Waals surface area contributed by atoms with Gasteiger partial charge in [0.1, 0.15) is 0 Å². The number of carbonyl (C=O) groups excluding carboxylic acids is 1. The molecule has 7 nitrogen and oxygen atoms in total. The molecule has 20 heavy (non-hydrogen) atoms. The first-order chi connectivity index (χ1) is 9.43. The van der Waals surface area contributed by atoms with Crippen LogP contribution in [-0.4, -0.2) is 28.8 Å². The molecule has 0 aliphatic carbocycles. The molecule has 0 fully saturated rings. The van der Waals surface area contributed by atoms with E-state index >= 15 is 0 Å². The highest BCUT2D eigenvalue weighted by Crippen LogP contribution is 2.21. The van der Waals surface area contributed by atoms with Crippen LogP contribution in [0.5, 0.6) is 0 Å². The average molecular weight is 280 g/mol. The van der Waals surface area contributed by atoms with Crippen molar-refractivity contribution in [2.45, 2.75) is 26.3 Å². The highest BCUT2D eigenvalue weighted by molar-refractivity contribution is 5.75. The van der Waals surface area contributed by atoms with Crippen LogP contribution in [0.1, 0.15) is 25.3 Å². The smallest absolute Gasteiger partial charge is 0.269 e. The lowest BCUT2D eigenvalue weighted by Crippen LogP contribution is -2.34. The maximum Gasteiger partial charge on any atom is 0.269 e. The molecule has 1 rings (SSSR count). The summed E-state index contributed by atoms with van der Waals surface area (Å²) < 4.78 is 0. The molecule has 1 aromatic carbocycles. The number of anilines is 1. The molecule has 0 aliphatic heterocycles. The molecule has 0 heterocycles. The molecule has 0 atom stereocenters. The van der Waals surface area contributed by atoms with Crippen molar-refractivity contribution < 1.29 is 9.72 Å². The van der Waals surface area contributed by atoms with Crippen molar-refractivity contribution in [1.29, 1.82) is 0 Å². The normalized spacial score (nSPS) is 10.7. The zero-order valence-corrected chi connectivity index (χ0v) is 11.5. The Labute approximate surface area is 117 Å². The number of hydrogen-bond acceptors (Lipinski definition) is 5. The number of carbonyl (C=O) groups is 1. The van der Waals surface area contributed by atoms with Crippen LogP contribution < -0.4 is 11.5 Å². The van der Waals surface area contributed by atoms with E-state index in [4.69, 9.17) is 11.5 Å². The number of nitrogen functional groups attached to an aromatic ring is 1. The van der Waals surface area contributed by atoms with Crippen molar-refractivity contribution in [2.24, 2.45) is 5.73 Å². The summed E-state index contributed by atoms with van der Waals surface area (Å²) in [6, 6.07) is 4.31. The third kappa shape index (κ3) is 4.85. The first-order valence-electron chi connectivity index (χ1n) is 6.47. The summed E-state index contributed by atoms with van der Waals surface area (Å²) in [5.41, 5.74) is 12.1. The second kappa shape index (κ2) is 7.44. The van der Waals surface area contributed by atoms with E-state index in [9.17, 15) is 14.9 Å². The summed E-state index contributed by atoms with van der Waals surface area (Å²) in [5, 5.41) is 10.8. The molecular formula is C13H20N4O3. The Balaban J connectivity index is 2.88. The Morgan fingerprint density at radius 3 is 2.70 bits per heavy atom. The minimum absolute atomic E-state index is 0.0104. The monoisotopic (exact) mass is 280 g/mol. The molecule has 4 N–H and O–H groups in total. The first kappa shape index (κ1) is 15.9. The second-order valence-electron chi connectivity index (χ2n) is 4.67. The van der Waals surface area contributed by atoms with Gasteiger partial charge in [0.2, 0.25) is 5.91 Å². The number of nitrogens with two attached hydrogens (primary N) is 2. The number of benzene rings is 1. The van der Waals surface area contributed by atoms with Gasteiger partial charge in [-0.15, -0.1) is 0 Å². The van der Waals surface area contributed by atoms with E-state index in [1.165, 1.54) is 18.2 Å². The minimum Gasteiger partial charge on any atom is -0.398 e. The van der Waals surface area contributed by atoms with Gasteiger partial charge in [0, 0.05) is 24.4 Å². The molecule has 110 valence electrons. The predicted octanol–water partition coefficient (Wildman–Crippen LogP) is 1.26. The quantitative estimate of drug-likeness (QED) is 0.422. The fraction of sp³-hybridized carbons (Fsp3) is 0.462. The van der Waals surface area contributed by atoms with Crippen molar-refractivity contribution in [2.75, 3.05) is 18.8 Å². The Kier molecular flexibility index (Phi) is 5.92. The van der Waals surface area contributed by atoms with Crippen LogP contribution in [0.4, 0.5) is 11.4 Å². The van der Waals surface area contributed by atoms with Crippen molar-refractivity contribution >= 4 is 17.3 Å². The van der Waals surface area contributed by atoms with Crippen LogP contribution in [0.3, 0.4) is 0 Å². The van der Waals surface area contributed by atoms with Gasteiger partial charge in [-0.2, -0.15) is 0 Å². The molecule has 1 amide bonds. The fourth-order valence-electron chi connectivity index (χ4n) is 1.90. The Hall–Kier alpha value is -2.15. The predicted molar refractivity (Wildman–Crippen MR) is 76.9 cm³/mol. The lowest BCUT2D eigenvalue weighted by Gasteiger charge is -2.21. The van der Waals surface area contributed by atoms with Crippen LogP contribution in [0, 0.1) is 10.1 Å². The van der Waals surface area contributed by atoms with Crippen molar-refractivity contribution in [1.82, 2.24) is 4.90 Å². The summed E-state index contributed by atoms with van der Waals surface area (Å²) in [5.74, 6) is -0.426. The largest absolute Gasteiger partial charge is 0.398 e. The van der Waals surface area contributed by atoms with Crippen LogP contribution in [0.25, 0.3) is 0 Å². The number of amides is 1. The zero-order valence-electron chi connectivity index (χ0n) is 11.5. The van der Waals surface area contributed by atoms with Crippen LogP contribution in [0.2, 0.25) is 0 Å². The SMILES string of the molecule is CCCCN(CC(N)=O)Cc1cc([N+](=O)[O-])ccc1N. The van der Waals surface area contributed by atoms with E-state index in [0.29, 0.717) is 24.3 Å². The summed E-state index contributed by atoms with van der Waals surface area (Å²) in [6.45, 7) is 3.23. The van der Waals surface area contributed by atoms with Gasteiger partial charge in [-0.25, -0.2) is 0 Å². The Bertz CT molecular complexity index is 491. The van der Waals surface area contributed by atoms with Gasteiger partial charge < -0.3 is 11.5 Å². The maximum absolute atomic E-state index is 11.1. The summed E-state index contributed by atoms with van der Waals surface area (Å²) in [7, 11) is 0. The highest BCUT2D eigenvalue weighted by atomic mass is 16.6. The van der Waals surface area contributed by atoms with Crippen molar-refractivity contribution in [3.8, 4) is 0 Å². The highest BCUT2D eigenvalue weighted by Gasteiger charge is 2.14. The Morgan fingerprint density at radius 1 is 1.45 bits per heavy atom. The molecule has 0 unspecified atom stereocenters. The average Bonchev–Trinajstić information content (AvgIpc) is 2.37. The molecule has 7 heteroatoms. The number of unbranched alkanes of at least 4 members (excludes halogenated alkanes) is 1. The van der Waals surface area contributed by atoms with Gasteiger partial charge in [-0.05, 0) is 24.6 Å². The molecule has 0 spiro atoms. The van der Waals surface area contributed by atoms with Crippen molar-refractivity contribution in [3.05, 3.63) is 33.9 Å². The first-order valence-corrected chi connectivity index (χ1v) is 6.47. The number of nitrogens with zero attached hydrogens (tertiary/aromatic N) is 2. The van der Waals surface area contributed by atoms with Crippen LogP contribution >= 0.6 is 0 Å². The molecule has 0 aromatic heterocycles. The third-order valence-electron chi connectivity index (χ3n) is 2.94. The zero-order chi connectivity index (χ0) is 15.1. The molecular weight excluding hydrogens is 260 g/mol. The van der Waals surface area contributed by atoms with E-state index < -0.39 is 10.8 Å². The minimum atomic E-state index is -0.465. The lowest BCUT2D eigenvalue weighted by atomic mass is 10.1. The van der Waals surface area contributed by atoms with Crippen LogP contribution in [0.15, 0.2) is 18.2 Å². The van der Waals surface area contributed by atoms with Gasteiger partial charge in [0.05, 0.1) is 11.5 Å². The third-order valence-corrected chi connectivity index (χ3v) is 2.94. The molecule has 0 saturated carbocycles. The number of nitro groups is 1. The maximum atomic E-state index is 11.1. The van der Waals surface area contributed by atoms with E-state index in [2.05, 4.69) is 0 Å². The number of hydrogen-bond donors (Lipinski definition) is 2. The molecule has 0 radical (unpaired) electrons. The van der Waals surface area contributed by atoms with Crippen molar-refractivity contribution in [3.63, 3.8) is 0 Å². The lowest BCUT2D eigenvalue weighted by molar-refractivity contribution is -0.384. The van der Waals surface area contributed by atoms with Crippen LogP contribution in [-0.2, 0) is 11.3 Å². The molecule has 0 bridgehead atoms. The topological polar surface area (TPSA) is 115 Å². The molecule has 0 saturated heterocycles. The molecule has 0 aliphatic rings. The number of rotatable bonds is 8. The second-order valence-corrected chi connectivity index (χ2v) is 4.67. The van der Waals surface area contributed by atoms with Gasteiger partial charge in [0.15, 0.2) is 0 Å². The van der Waals surface area contributed by atoms with E-state index in [1.807, 2.05) is 11.8 Å². The summed E-state index contributed by atoms with van der Waals surface area (Å²) in [6.07, 6.45) is 1.90. The van der Waals surface area contributed by atoms with Gasteiger partial charge in [0.25, 0.3) is 5.69 Å². The number of nitro benzene ring substituents is 1. The van der Waals surface area contributed by atoms with Gasteiger partial charge in [-0.3, -0.25) is 19.8 Å². The fourth-order valence-corrected chi connectivity index (χ4v) is 1.90. The van der Waals surface area contributed by atoms with Gasteiger partial charge >= 0.3 is 0 Å². The van der Waals surface area contributed by atoms with Gasteiger partial charge in [-0.1, -0.05) is 13.3 Å². The summed E-state index contributed by atoms with van der Waals surface area (Å²) >= 11 is 0.